The molecule has 7 nitrogen and oxygen atoms in total. The van der Waals surface area contributed by atoms with Crippen LogP contribution in [0.1, 0.15) is 5.69 Å². The molecule has 0 atom stereocenters. The van der Waals surface area contributed by atoms with Gasteiger partial charge in [0.25, 0.3) is 5.69 Å². The molecule has 0 unspecified atom stereocenters. The fourth-order valence-corrected chi connectivity index (χ4v) is 1.68. The van der Waals surface area contributed by atoms with Crippen LogP contribution in [0.25, 0.3) is 0 Å². The molecule has 0 aliphatic heterocycles. The third-order valence-electron chi connectivity index (χ3n) is 1.74. The Kier molecular flexibility index (Phi) is 4.49. The number of carbonyl (C=O) groups is 1. The monoisotopic (exact) mass is 392 g/mol. The minimum atomic E-state index is -5.02. The number of aliphatic carboxylic acids is 1. The second kappa shape index (κ2) is 5.54. The number of rotatable bonds is 4. The van der Waals surface area contributed by atoms with Gasteiger partial charge in [0.15, 0.2) is 5.75 Å². The zero-order valence-electron chi connectivity index (χ0n) is 8.77. The molecular weight excluding hydrogens is 388 g/mol. The number of alkyl halides is 3. The van der Waals surface area contributed by atoms with Gasteiger partial charge in [-0.3, -0.25) is 14.9 Å². The van der Waals surface area contributed by atoms with Gasteiger partial charge >= 0.3 is 12.3 Å². The molecular formula is C8H4F3IN2O5. The van der Waals surface area contributed by atoms with Crippen LogP contribution >= 0.6 is 22.6 Å². The van der Waals surface area contributed by atoms with Gasteiger partial charge in [-0.05, 0) is 22.6 Å². The average molecular weight is 392 g/mol. The molecule has 0 radical (unpaired) electrons. The molecule has 0 spiro atoms. The summed E-state index contributed by atoms with van der Waals surface area (Å²) in [7, 11) is 0. The summed E-state index contributed by atoms with van der Waals surface area (Å²) >= 11 is 1.36. The van der Waals surface area contributed by atoms with Crippen LogP contribution in [0.5, 0.6) is 5.75 Å². The van der Waals surface area contributed by atoms with Crippen molar-refractivity contribution < 1.29 is 32.7 Å². The average Bonchev–Trinajstić information content (AvgIpc) is 2.18. The fourth-order valence-electron chi connectivity index (χ4n) is 1.13. The third-order valence-corrected chi connectivity index (χ3v) is 2.51. The lowest BCUT2D eigenvalue weighted by Gasteiger charge is -2.10. The van der Waals surface area contributed by atoms with Crippen molar-refractivity contribution in [2.24, 2.45) is 0 Å². The smallest absolute Gasteiger partial charge is 0.481 e. The number of aromatic nitrogens is 1. The van der Waals surface area contributed by atoms with Crippen molar-refractivity contribution in [3.8, 4) is 5.75 Å². The summed E-state index contributed by atoms with van der Waals surface area (Å²) in [6.07, 6.45) is -5.80. The topological polar surface area (TPSA) is 103 Å². The van der Waals surface area contributed by atoms with Crippen molar-refractivity contribution in [1.29, 1.82) is 0 Å². The standard InChI is InChI=1S/C8H4F3IN2O5/c9-8(10,11)19-5-2-4(14(17)18)3(1-6(15)16)13-7(5)12/h2H,1H2,(H,15,16). The van der Waals surface area contributed by atoms with E-state index in [0.717, 1.165) is 0 Å². The Labute approximate surface area is 116 Å². The van der Waals surface area contributed by atoms with E-state index < -0.39 is 40.8 Å². The number of carboxylic acid groups (broad SMARTS) is 1. The largest absolute Gasteiger partial charge is 0.573 e. The Morgan fingerprint density at radius 1 is 1.58 bits per heavy atom. The quantitative estimate of drug-likeness (QED) is 0.365. The maximum atomic E-state index is 12.0. The van der Waals surface area contributed by atoms with Gasteiger partial charge in [0.2, 0.25) is 0 Å². The van der Waals surface area contributed by atoms with Crippen molar-refractivity contribution >= 4 is 34.2 Å². The van der Waals surface area contributed by atoms with Crippen molar-refractivity contribution in [3.63, 3.8) is 0 Å². The van der Waals surface area contributed by atoms with Crippen molar-refractivity contribution in [2.75, 3.05) is 0 Å². The number of carboxylic acids is 1. The molecule has 1 heterocycles. The lowest BCUT2D eigenvalue weighted by molar-refractivity contribution is -0.386. The zero-order valence-corrected chi connectivity index (χ0v) is 10.9. The number of ether oxygens (including phenoxy) is 1. The second-order valence-corrected chi connectivity index (χ2v) is 4.14. The lowest BCUT2D eigenvalue weighted by Crippen LogP contribution is -2.19. The van der Waals surface area contributed by atoms with E-state index in [4.69, 9.17) is 5.11 Å². The van der Waals surface area contributed by atoms with E-state index in [1.807, 2.05) is 0 Å². The van der Waals surface area contributed by atoms with Gasteiger partial charge < -0.3 is 9.84 Å². The fraction of sp³-hybridized carbons (Fsp3) is 0.250. The van der Waals surface area contributed by atoms with E-state index in [-0.39, 0.29) is 3.70 Å². The molecule has 1 aromatic heterocycles. The minimum Gasteiger partial charge on any atom is -0.481 e. The Morgan fingerprint density at radius 2 is 2.16 bits per heavy atom. The summed E-state index contributed by atoms with van der Waals surface area (Å²) in [5.74, 6) is -2.25. The van der Waals surface area contributed by atoms with Gasteiger partial charge in [-0.25, -0.2) is 4.98 Å². The number of hydrogen-bond donors (Lipinski definition) is 1. The van der Waals surface area contributed by atoms with Gasteiger partial charge in [0.05, 0.1) is 17.4 Å². The van der Waals surface area contributed by atoms with E-state index in [0.29, 0.717) is 6.07 Å². The minimum absolute atomic E-state index is 0.322. The molecule has 0 saturated heterocycles. The summed E-state index contributed by atoms with van der Waals surface area (Å²) < 4.78 is 39.4. The van der Waals surface area contributed by atoms with E-state index >= 15 is 0 Å². The first kappa shape index (κ1) is 15.4. The Hall–Kier alpha value is -1.66. The second-order valence-electron chi connectivity index (χ2n) is 3.12. The van der Waals surface area contributed by atoms with E-state index in [1.165, 1.54) is 22.6 Å². The molecule has 11 heteroatoms. The summed E-state index contributed by atoms with van der Waals surface area (Å²) in [5, 5.41) is 19.2. The van der Waals surface area contributed by atoms with Gasteiger partial charge in [0.1, 0.15) is 9.39 Å². The first-order chi connectivity index (χ1) is 8.60. The number of pyridine rings is 1. The molecule has 104 valence electrons. The summed E-state index contributed by atoms with van der Waals surface area (Å²) in [5.41, 5.74) is -1.29. The highest BCUT2D eigenvalue weighted by molar-refractivity contribution is 14.1. The molecule has 0 aliphatic carbocycles. The Bertz CT molecular complexity index is 534. The van der Waals surface area contributed by atoms with Crippen molar-refractivity contribution in [2.45, 2.75) is 12.8 Å². The van der Waals surface area contributed by atoms with E-state index in [2.05, 4.69) is 9.72 Å². The molecule has 0 aliphatic rings. The van der Waals surface area contributed by atoms with Crippen LogP contribution in [0.2, 0.25) is 0 Å². The van der Waals surface area contributed by atoms with Crippen LogP contribution in [0.3, 0.4) is 0 Å². The summed E-state index contributed by atoms with van der Waals surface area (Å²) in [6.45, 7) is 0. The van der Waals surface area contributed by atoms with Crippen LogP contribution in [-0.2, 0) is 11.2 Å². The number of halogens is 4. The van der Waals surface area contributed by atoms with Crippen LogP contribution in [0.15, 0.2) is 6.07 Å². The lowest BCUT2D eigenvalue weighted by atomic mass is 10.2. The molecule has 1 rings (SSSR count). The molecule has 1 aromatic rings. The molecule has 0 fully saturated rings. The normalized spacial score (nSPS) is 11.2. The molecule has 0 saturated carbocycles. The molecule has 0 bridgehead atoms. The van der Waals surface area contributed by atoms with Crippen LogP contribution in [0, 0.1) is 13.8 Å². The maximum absolute atomic E-state index is 12.0. The first-order valence-corrected chi connectivity index (χ1v) is 5.49. The van der Waals surface area contributed by atoms with E-state index in [9.17, 15) is 28.1 Å². The third kappa shape index (κ3) is 4.50. The molecule has 19 heavy (non-hydrogen) atoms. The highest BCUT2D eigenvalue weighted by Gasteiger charge is 2.34. The maximum Gasteiger partial charge on any atom is 0.573 e. The van der Waals surface area contributed by atoms with Gasteiger partial charge in [-0.2, -0.15) is 0 Å². The van der Waals surface area contributed by atoms with Crippen LogP contribution < -0.4 is 4.74 Å². The van der Waals surface area contributed by atoms with Gasteiger partial charge in [-0.1, -0.05) is 0 Å². The summed E-state index contributed by atoms with van der Waals surface area (Å²) in [6, 6.07) is 0.501. The van der Waals surface area contributed by atoms with Crippen molar-refractivity contribution in [1.82, 2.24) is 4.98 Å². The number of nitro groups is 1. The number of hydrogen-bond acceptors (Lipinski definition) is 5. The SMILES string of the molecule is O=C(O)Cc1nc(I)c(OC(F)(F)F)cc1[N+](=O)[O-]. The predicted octanol–water partition coefficient (Wildman–Crippen LogP) is 2.12. The molecule has 0 aromatic carbocycles. The number of nitrogens with zero attached hydrogens (tertiary/aromatic N) is 2. The first-order valence-electron chi connectivity index (χ1n) is 4.41. The Balaban J connectivity index is 3.28. The van der Waals surface area contributed by atoms with Crippen molar-refractivity contribution in [3.05, 3.63) is 25.6 Å². The van der Waals surface area contributed by atoms with Gasteiger partial charge in [-0.15, -0.1) is 13.2 Å². The molecule has 1 N–H and O–H groups in total. The molecule has 0 amide bonds. The van der Waals surface area contributed by atoms with Crippen LogP contribution in [-0.4, -0.2) is 27.3 Å². The zero-order chi connectivity index (χ0) is 14.8. The van der Waals surface area contributed by atoms with E-state index in [1.54, 1.807) is 0 Å². The predicted molar refractivity (Wildman–Crippen MR) is 61.6 cm³/mol. The van der Waals surface area contributed by atoms with Gasteiger partial charge in [0, 0.05) is 0 Å². The Morgan fingerprint density at radius 3 is 2.58 bits per heavy atom. The summed E-state index contributed by atoms with van der Waals surface area (Å²) in [4.78, 5) is 23.6. The van der Waals surface area contributed by atoms with Crippen LogP contribution in [0.4, 0.5) is 18.9 Å². The highest BCUT2D eigenvalue weighted by atomic mass is 127. The highest BCUT2D eigenvalue weighted by Crippen LogP contribution is 2.31.